The van der Waals surface area contributed by atoms with Crippen LogP contribution in [0.4, 0.5) is 17.1 Å². The number of hydrogen-bond donors (Lipinski definition) is 1. The van der Waals surface area contributed by atoms with Gasteiger partial charge >= 0.3 is 11.4 Å². The van der Waals surface area contributed by atoms with E-state index in [2.05, 4.69) is 0 Å². The largest absolute Gasteiger partial charge is 0.393 e. The van der Waals surface area contributed by atoms with Crippen molar-refractivity contribution in [2.45, 2.75) is 32.1 Å². The van der Waals surface area contributed by atoms with Gasteiger partial charge in [0.2, 0.25) is 0 Å². The van der Waals surface area contributed by atoms with E-state index in [1.165, 1.54) is 18.6 Å². The molecule has 1 aromatic carbocycles. The molecule has 2 rings (SSSR count). The lowest BCUT2D eigenvalue weighted by Gasteiger charge is -2.05. The van der Waals surface area contributed by atoms with Crippen molar-refractivity contribution in [2.75, 3.05) is 5.73 Å². The molecular weight excluding hydrogens is 266 g/mol. The molecule has 0 spiro atoms. The zero-order valence-electron chi connectivity index (χ0n) is 10.8. The Kier molecular flexibility index (Phi) is 5.57. The molecule has 0 aromatic heterocycles. The maximum absolute atomic E-state index is 10.5. The number of nitro benzene ring substituents is 2. The summed E-state index contributed by atoms with van der Waals surface area (Å²) in [6, 6.07) is 3.57. The van der Waals surface area contributed by atoms with Crippen LogP contribution in [-0.4, -0.2) is 15.6 Å². The van der Waals surface area contributed by atoms with Gasteiger partial charge in [-0.3, -0.25) is 25.0 Å². The number of carbonyl (C=O) groups is 1. The zero-order chi connectivity index (χ0) is 15.1. The second-order valence-electron chi connectivity index (χ2n) is 4.33. The van der Waals surface area contributed by atoms with Crippen LogP contribution in [0.25, 0.3) is 0 Å². The molecule has 1 aromatic rings. The van der Waals surface area contributed by atoms with Crippen LogP contribution in [0, 0.1) is 20.2 Å². The third-order valence-corrected chi connectivity index (χ3v) is 2.84. The van der Waals surface area contributed by atoms with E-state index in [0.29, 0.717) is 5.78 Å². The van der Waals surface area contributed by atoms with Crippen LogP contribution in [0.3, 0.4) is 0 Å². The summed E-state index contributed by atoms with van der Waals surface area (Å²) in [7, 11) is 0. The van der Waals surface area contributed by atoms with Gasteiger partial charge in [-0.15, -0.1) is 0 Å². The van der Waals surface area contributed by atoms with Gasteiger partial charge in [0.05, 0.1) is 9.85 Å². The Morgan fingerprint density at radius 2 is 1.60 bits per heavy atom. The Labute approximate surface area is 114 Å². The van der Waals surface area contributed by atoms with Crippen LogP contribution >= 0.6 is 0 Å². The van der Waals surface area contributed by atoms with Crippen molar-refractivity contribution in [3.63, 3.8) is 0 Å². The first-order chi connectivity index (χ1) is 9.43. The predicted octanol–water partition coefficient (Wildman–Crippen LogP) is 2.60. The van der Waals surface area contributed by atoms with Crippen LogP contribution in [-0.2, 0) is 4.79 Å². The van der Waals surface area contributed by atoms with Gasteiger partial charge in [0.25, 0.3) is 0 Å². The summed E-state index contributed by atoms with van der Waals surface area (Å²) in [5, 5.41) is 20.7. The number of benzene rings is 1. The minimum Gasteiger partial charge on any atom is -0.393 e. The van der Waals surface area contributed by atoms with E-state index in [-0.39, 0.29) is 5.69 Å². The molecule has 1 aliphatic rings. The average molecular weight is 281 g/mol. The average Bonchev–Trinajstić information content (AvgIpc) is 2.39. The molecule has 1 saturated carbocycles. The van der Waals surface area contributed by atoms with E-state index in [1.54, 1.807) is 0 Å². The van der Waals surface area contributed by atoms with Gasteiger partial charge in [-0.1, -0.05) is 12.5 Å². The summed E-state index contributed by atoms with van der Waals surface area (Å²) in [5.74, 6) is 0.464. The molecule has 0 amide bonds. The molecule has 0 heterocycles. The summed E-state index contributed by atoms with van der Waals surface area (Å²) in [6.45, 7) is 0. The standard InChI is InChI=1S/C6H5N3O4.C6H10O/c7-4-2-1-3-5(8(10)11)6(4)9(12)13;7-6-4-2-1-3-5-6/h1-3H,7H2;1-5H2. The van der Waals surface area contributed by atoms with Crippen molar-refractivity contribution < 1.29 is 14.6 Å². The van der Waals surface area contributed by atoms with E-state index in [0.717, 1.165) is 31.7 Å². The molecular formula is C12H15N3O5. The summed E-state index contributed by atoms with van der Waals surface area (Å²) in [5.41, 5.74) is 3.75. The molecule has 0 aliphatic heterocycles. The van der Waals surface area contributed by atoms with Gasteiger partial charge in [-0.25, -0.2) is 0 Å². The molecule has 8 heteroatoms. The Hall–Kier alpha value is -2.51. The van der Waals surface area contributed by atoms with E-state index >= 15 is 0 Å². The smallest absolute Gasteiger partial charge is 0.368 e. The van der Waals surface area contributed by atoms with E-state index in [4.69, 9.17) is 5.73 Å². The van der Waals surface area contributed by atoms with Crippen molar-refractivity contribution in [1.82, 2.24) is 0 Å². The summed E-state index contributed by atoms with van der Waals surface area (Å²) in [4.78, 5) is 29.4. The summed E-state index contributed by atoms with van der Waals surface area (Å²) >= 11 is 0. The molecule has 0 unspecified atom stereocenters. The Bertz CT molecular complexity index is 522. The molecule has 2 N–H and O–H groups in total. The molecule has 0 saturated heterocycles. The number of carbonyl (C=O) groups excluding carboxylic acids is 1. The Morgan fingerprint density at radius 1 is 1.00 bits per heavy atom. The first-order valence-corrected chi connectivity index (χ1v) is 6.12. The van der Waals surface area contributed by atoms with Gasteiger partial charge in [-0.05, 0) is 18.9 Å². The second kappa shape index (κ2) is 7.17. The third kappa shape index (κ3) is 4.30. The van der Waals surface area contributed by atoms with Crippen molar-refractivity contribution in [2.24, 2.45) is 0 Å². The van der Waals surface area contributed by atoms with E-state index < -0.39 is 21.2 Å². The normalized spacial score (nSPS) is 14.1. The molecule has 0 radical (unpaired) electrons. The first kappa shape index (κ1) is 15.5. The van der Waals surface area contributed by atoms with Crippen molar-refractivity contribution in [3.8, 4) is 0 Å². The number of ketones is 1. The van der Waals surface area contributed by atoms with Gasteiger partial charge in [0.15, 0.2) is 0 Å². The second-order valence-corrected chi connectivity index (χ2v) is 4.33. The number of para-hydroxylation sites is 1. The van der Waals surface area contributed by atoms with E-state index in [1.807, 2.05) is 0 Å². The lowest BCUT2D eigenvalue weighted by molar-refractivity contribution is -0.421. The van der Waals surface area contributed by atoms with Crippen LogP contribution in [0.5, 0.6) is 0 Å². The molecule has 8 nitrogen and oxygen atoms in total. The highest BCUT2D eigenvalue weighted by molar-refractivity contribution is 5.78. The highest BCUT2D eigenvalue weighted by Crippen LogP contribution is 2.31. The SMILES string of the molecule is Nc1cccc([N+](=O)[O-])c1[N+](=O)[O-].O=C1CCCCC1. The fourth-order valence-corrected chi connectivity index (χ4v) is 1.84. The number of nitro groups is 2. The zero-order valence-corrected chi connectivity index (χ0v) is 10.8. The first-order valence-electron chi connectivity index (χ1n) is 6.12. The lowest BCUT2D eigenvalue weighted by Crippen LogP contribution is -2.02. The molecule has 0 atom stereocenters. The minimum absolute atomic E-state index is 0.209. The summed E-state index contributed by atoms with van der Waals surface area (Å²) in [6.07, 6.45) is 5.24. The quantitative estimate of drug-likeness (QED) is 0.503. The Morgan fingerprint density at radius 3 is 1.95 bits per heavy atom. The number of nitrogen functional groups attached to an aromatic ring is 1. The summed E-state index contributed by atoms with van der Waals surface area (Å²) < 4.78 is 0. The third-order valence-electron chi connectivity index (χ3n) is 2.84. The fourth-order valence-electron chi connectivity index (χ4n) is 1.84. The predicted molar refractivity (Wildman–Crippen MR) is 72.3 cm³/mol. The topological polar surface area (TPSA) is 129 Å². The van der Waals surface area contributed by atoms with Crippen LogP contribution in [0.15, 0.2) is 18.2 Å². The van der Waals surface area contributed by atoms with E-state index in [9.17, 15) is 25.0 Å². The van der Waals surface area contributed by atoms with Gasteiger partial charge in [-0.2, -0.15) is 0 Å². The highest BCUT2D eigenvalue weighted by Gasteiger charge is 2.26. The highest BCUT2D eigenvalue weighted by atomic mass is 16.6. The number of nitrogens with two attached hydrogens (primary N) is 1. The van der Waals surface area contributed by atoms with Gasteiger partial charge in [0.1, 0.15) is 11.5 Å². The molecule has 1 aliphatic carbocycles. The lowest BCUT2D eigenvalue weighted by atomic mass is 10.00. The number of Topliss-reactive ketones (excluding diaryl/α,β-unsaturated/α-hetero) is 1. The number of rotatable bonds is 2. The fraction of sp³-hybridized carbons (Fsp3) is 0.417. The molecule has 20 heavy (non-hydrogen) atoms. The van der Waals surface area contributed by atoms with Crippen molar-refractivity contribution in [1.29, 1.82) is 0 Å². The van der Waals surface area contributed by atoms with Crippen molar-refractivity contribution in [3.05, 3.63) is 38.4 Å². The van der Waals surface area contributed by atoms with Crippen molar-refractivity contribution >= 4 is 22.8 Å². The number of nitrogens with zero attached hydrogens (tertiary/aromatic N) is 2. The number of anilines is 1. The van der Waals surface area contributed by atoms with Gasteiger partial charge in [0, 0.05) is 18.9 Å². The molecule has 1 fully saturated rings. The maximum atomic E-state index is 10.5. The molecule has 0 bridgehead atoms. The van der Waals surface area contributed by atoms with Gasteiger partial charge < -0.3 is 5.73 Å². The van der Waals surface area contributed by atoms with Crippen LogP contribution < -0.4 is 5.73 Å². The molecule has 108 valence electrons. The van der Waals surface area contributed by atoms with Crippen LogP contribution in [0.2, 0.25) is 0 Å². The maximum Gasteiger partial charge on any atom is 0.368 e. The minimum atomic E-state index is -0.868. The monoisotopic (exact) mass is 281 g/mol. The van der Waals surface area contributed by atoms with Crippen LogP contribution in [0.1, 0.15) is 32.1 Å². The Balaban J connectivity index is 0.000000240. The number of hydrogen-bond acceptors (Lipinski definition) is 6.